The van der Waals surface area contributed by atoms with Gasteiger partial charge in [-0.1, -0.05) is 40.9 Å². The second-order valence-electron chi connectivity index (χ2n) is 6.19. The van der Waals surface area contributed by atoms with E-state index in [0.29, 0.717) is 22.0 Å². The second kappa shape index (κ2) is 6.18. The average Bonchev–Trinajstić information content (AvgIpc) is 2.71. The predicted octanol–water partition coefficient (Wildman–Crippen LogP) is 5.57. The van der Waals surface area contributed by atoms with Gasteiger partial charge in [-0.05, 0) is 55.8 Å². The van der Waals surface area contributed by atoms with E-state index in [1.807, 2.05) is 18.2 Å². The fraction of sp³-hybridized carbons (Fsp3) is 0.333. The van der Waals surface area contributed by atoms with Gasteiger partial charge in [0.2, 0.25) is 0 Å². The molecule has 2 aromatic carbocycles. The number of fused-ring (bicyclic) bond motifs is 3. The van der Waals surface area contributed by atoms with E-state index >= 15 is 0 Å². The maximum absolute atomic E-state index is 6.59. The van der Waals surface area contributed by atoms with Gasteiger partial charge in [-0.25, -0.2) is 0 Å². The van der Waals surface area contributed by atoms with Crippen LogP contribution in [0.3, 0.4) is 0 Å². The van der Waals surface area contributed by atoms with Gasteiger partial charge < -0.3 is 10.6 Å². The molecule has 0 radical (unpaired) electrons. The molecule has 0 aromatic heterocycles. The molecule has 23 heavy (non-hydrogen) atoms. The molecule has 0 saturated carbocycles. The summed E-state index contributed by atoms with van der Waals surface area (Å²) in [6.07, 6.45) is 2.22. The van der Waals surface area contributed by atoms with Gasteiger partial charge in [0, 0.05) is 43.8 Å². The highest BCUT2D eigenvalue weighted by Gasteiger charge is 2.36. The zero-order chi connectivity index (χ0) is 16.0. The Bertz CT molecular complexity index is 760. The summed E-state index contributed by atoms with van der Waals surface area (Å²) in [5, 5.41) is 9.18. The summed E-state index contributed by atoms with van der Waals surface area (Å²) in [7, 11) is 0. The molecule has 5 heteroatoms. The number of rotatable bonds is 1. The summed E-state index contributed by atoms with van der Waals surface area (Å²) >= 11 is 19.1. The van der Waals surface area contributed by atoms with E-state index in [1.54, 1.807) is 6.07 Å². The van der Waals surface area contributed by atoms with E-state index in [2.05, 4.69) is 16.7 Å². The first-order valence-corrected chi connectivity index (χ1v) is 9.03. The fourth-order valence-corrected chi connectivity index (χ4v) is 4.60. The summed E-state index contributed by atoms with van der Waals surface area (Å²) in [6, 6.07) is 10.1. The van der Waals surface area contributed by atoms with Crippen LogP contribution in [0.2, 0.25) is 15.1 Å². The van der Waals surface area contributed by atoms with Gasteiger partial charge >= 0.3 is 0 Å². The number of anilines is 1. The Morgan fingerprint density at radius 1 is 0.913 bits per heavy atom. The average molecular weight is 368 g/mol. The maximum atomic E-state index is 6.59. The molecule has 2 atom stereocenters. The Kier molecular flexibility index (Phi) is 4.19. The lowest BCUT2D eigenvalue weighted by Crippen LogP contribution is -2.21. The van der Waals surface area contributed by atoms with E-state index in [-0.39, 0.29) is 0 Å². The van der Waals surface area contributed by atoms with E-state index in [4.69, 9.17) is 34.8 Å². The van der Waals surface area contributed by atoms with Crippen LogP contribution in [0.15, 0.2) is 30.3 Å². The lowest BCUT2D eigenvalue weighted by atomic mass is 9.86. The zero-order valence-electron chi connectivity index (χ0n) is 12.5. The van der Waals surface area contributed by atoms with Crippen LogP contribution in [0.4, 0.5) is 5.69 Å². The molecule has 0 amide bonds. The van der Waals surface area contributed by atoms with E-state index in [0.717, 1.165) is 42.1 Å². The summed E-state index contributed by atoms with van der Waals surface area (Å²) in [5.41, 5.74) is 4.49. The SMILES string of the molecule is Clc1ccc(-c2c(Cl)ccc3c2[C@@H]2CCNCC[C@@H]2N3)c(Cl)c1. The molecule has 4 rings (SSSR count). The Morgan fingerprint density at radius 3 is 2.57 bits per heavy atom. The highest BCUT2D eigenvalue weighted by Crippen LogP contribution is 2.49. The highest BCUT2D eigenvalue weighted by molar-refractivity contribution is 6.38. The van der Waals surface area contributed by atoms with Crippen LogP contribution in [0.5, 0.6) is 0 Å². The molecular weight excluding hydrogens is 351 g/mol. The quantitative estimate of drug-likeness (QED) is 0.688. The predicted molar refractivity (Wildman–Crippen MR) is 99.2 cm³/mol. The van der Waals surface area contributed by atoms with Gasteiger partial charge in [0.15, 0.2) is 0 Å². The molecule has 120 valence electrons. The minimum atomic E-state index is 0.459. The largest absolute Gasteiger partial charge is 0.381 e. The van der Waals surface area contributed by atoms with Crippen LogP contribution in [0.25, 0.3) is 11.1 Å². The molecule has 2 heterocycles. The fourth-order valence-electron chi connectivity index (χ4n) is 3.83. The number of nitrogens with one attached hydrogen (secondary N) is 2. The molecule has 1 fully saturated rings. The number of hydrogen-bond donors (Lipinski definition) is 2. The van der Waals surface area contributed by atoms with E-state index in [1.165, 1.54) is 11.3 Å². The Morgan fingerprint density at radius 2 is 1.74 bits per heavy atom. The summed E-state index contributed by atoms with van der Waals surface area (Å²) in [4.78, 5) is 0. The molecule has 2 aliphatic heterocycles. The van der Waals surface area contributed by atoms with Crippen LogP contribution in [-0.2, 0) is 0 Å². The van der Waals surface area contributed by atoms with Crippen molar-refractivity contribution in [3.05, 3.63) is 51.0 Å². The summed E-state index contributed by atoms with van der Waals surface area (Å²) in [5.74, 6) is 0.459. The van der Waals surface area contributed by atoms with E-state index < -0.39 is 0 Å². The molecule has 2 nitrogen and oxygen atoms in total. The molecule has 0 unspecified atom stereocenters. The van der Waals surface area contributed by atoms with Crippen molar-refractivity contribution >= 4 is 40.5 Å². The lowest BCUT2D eigenvalue weighted by molar-refractivity contribution is 0.579. The van der Waals surface area contributed by atoms with Crippen LogP contribution >= 0.6 is 34.8 Å². The topological polar surface area (TPSA) is 24.1 Å². The Labute approximate surface area is 151 Å². The first-order chi connectivity index (χ1) is 11.1. The van der Waals surface area contributed by atoms with Crippen LogP contribution in [0.1, 0.15) is 24.3 Å². The number of hydrogen-bond acceptors (Lipinski definition) is 2. The molecule has 1 saturated heterocycles. The monoisotopic (exact) mass is 366 g/mol. The van der Waals surface area contributed by atoms with Gasteiger partial charge in [0.25, 0.3) is 0 Å². The molecular formula is C18H17Cl3N2. The Balaban J connectivity index is 1.90. The maximum Gasteiger partial charge on any atom is 0.0499 e. The zero-order valence-corrected chi connectivity index (χ0v) is 14.8. The molecule has 0 spiro atoms. The molecule has 2 aromatic rings. The van der Waals surface area contributed by atoms with Gasteiger partial charge in [-0.15, -0.1) is 0 Å². The molecule has 2 N–H and O–H groups in total. The third kappa shape index (κ3) is 2.72. The third-order valence-corrected chi connectivity index (χ3v) is 5.72. The smallest absolute Gasteiger partial charge is 0.0499 e. The van der Waals surface area contributed by atoms with Gasteiger partial charge in [0.05, 0.1) is 0 Å². The lowest BCUT2D eigenvalue weighted by Gasteiger charge is -2.19. The van der Waals surface area contributed by atoms with Gasteiger partial charge in [-0.3, -0.25) is 0 Å². The van der Waals surface area contributed by atoms with Crippen LogP contribution in [-0.4, -0.2) is 19.1 Å². The number of benzene rings is 2. The van der Waals surface area contributed by atoms with Crippen molar-refractivity contribution in [1.82, 2.24) is 5.32 Å². The first-order valence-electron chi connectivity index (χ1n) is 7.90. The van der Waals surface area contributed by atoms with Gasteiger partial charge in [0.1, 0.15) is 0 Å². The minimum Gasteiger partial charge on any atom is -0.381 e. The standard InChI is InChI=1S/C18H17Cl3N2/c19-10-1-2-11(14(21)9-10)17-13(20)3-4-16-18(17)12-5-7-22-8-6-15(12)23-16/h1-4,9,12,15,22-23H,5-8H2/t12-,15+/m1/s1. The van der Waals surface area contributed by atoms with Crippen LogP contribution < -0.4 is 10.6 Å². The number of halogens is 3. The van der Waals surface area contributed by atoms with E-state index in [9.17, 15) is 0 Å². The van der Waals surface area contributed by atoms with Crippen molar-refractivity contribution in [2.24, 2.45) is 0 Å². The van der Waals surface area contributed by atoms with Crippen molar-refractivity contribution in [3.63, 3.8) is 0 Å². The summed E-state index contributed by atoms with van der Waals surface area (Å²) in [6.45, 7) is 2.08. The molecule has 0 aliphatic carbocycles. The summed E-state index contributed by atoms with van der Waals surface area (Å²) < 4.78 is 0. The molecule has 0 bridgehead atoms. The normalized spacial score (nSPS) is 22.9. The van der Waals surface area contributed by atoms with Crippen LogP contribution in [0, 0.1) is 0 Å². The van der Waals surface area contributed by atoms with Crippen molar-refractivity contribution < 1.29 is 0 Å². The van der Waals surface area contributed by atoms with Crippen molar-refractivity contribution in [2.75, 3.05) is 18.4 Å². The minimum absolute atomic E-state index is 0.459. The third-order valence-electron chi connectivity index (χ3n) is 4.86. The Hall–Kier alpha value is -0.930. The molecule has 2 aliphatic rings. The first kappa shape index (κ1) is 15.6. The van der Waals surface area contributed by atoms with Crippen molar-refractivity contribution in [3.8, 4) is 11.1 Å². The van der Waals surface area contributed by atoms with Crippen molar-refractivity contribution in [2.45, 2.75) is 24.8 Å². The highest BCUT2D eigenvalue weighted by atomic mass is 35.5. The van der Waals surface area contributed by atoms with Crippen molar-refractivity contribution in [1.29, 1.82) is 0 Å². The van der Waals surface area contributed by atoms with Gasteiger partial charge in [-0.2, -0.15) is 0 Å². The second-order valence-corrected chi connectivity index (χ2v) is 7.44.